The highest BCUT2D eigenvalue weighted by Gasteiger charge is 2.29. The zero-order chi connectivity index (χ0) is 19.1. The van der Waals surface area contributed by atoms with E-state index in [4.69, 9.17) is 14.6 Å². The number of amides is 1. The lowest BCUT2D eigenvalue weighted by atomic mass is 10.1. The van der Waals surface area contributed by atoms with Crippen LogP contribution in [0.3, 0.4) is 0 Å². The second-order valence-electron chi connectivity index (χ2n) is 6.51. The minimum atomic E-state index is -0.976. The molecule has 0 spiro atoms. The third-order valence-corrected chi connectivity index (χ3v) is 4.51. The molecule has 2 N–H and O–H groups in total. The summed E-state index contributed by atoms with van der Waals surface area (Å²) in [6.07, 6.45) is 1.53. The van der Waals surface area contributed by atoms with Gasteiger partial charge in [-0.1, -0.05) is 30.3 Å². The van der Waals surface area contributed by atoms with Crippen LogP contribution < -0.4 is 10.1 Å². The number of hydrogen-bond donors (Lipinski definition) is 2. The van der Waals surface area contributed by atoms with Gasteiger partial charge < -0.3 is 19.9 Å². The number of carbonyl (C=O) groups is 2. The van der Waals surface area contributed by atoms with Crippen molar-refractivity contribution in [3.05, 3.63) is 65.7 Å². The van der Waals surface area contributed by atoms with Gasteiger partial charge in [0.2, 0.25) is 5.91 Å². The van der Waals surface area contributed by atoms with Gasteiger partial charge in [-0.3, -0.25) is 4.79 Å². The Kier molecular flexibility index (Phi) is 6.44. The van der Waals surface area contributed by atoms with Crippen molar-refractivity contribution >= 4 is 11.9 Å². The fourth-order valence-corrected chi connectivity index (χ4v) is 3.03. The predicted molar refractivity (Wildman–Crippen MR) is 99.9 cm³/mol. The van der Waals surface area contributed by atoms with Gasteiger partial charge in [-0.2, -0.15) is 0 Å². The zero-order valence-corrected chi connectivity index (χ0v) is 15.0. The monoisotopic (exact) mass is 369 g/mol. The first-order chi connectivity index (χ1) is 13.1. The lowest BCUT2D eigenvalue weighted by Crippen LogP contribution is -2.51. The molecule has 0 radical (unpaired) electrons. The number of rotatable bonds is 7. The summed E-state index contributed by atoms with van der Waals surface area (Å²) in [5.41, 5.74) is 1.33. The molecule has 6 nitrogen and oxygen atoms in total. The maximum absolute atomic E-state index is 12.3. The number of hydrogen-bond acceptors (Lipinski definition) is 4. The lowest BCUT2D eigenvalue weighted by Gasteiger charge is -2.32. The number of benzene rings is 2. The molecule has 1 saturated heterocycles. The smallest absolute Gasteiger partial charge is 0.335 e. The van der Waals surface area contributed by atoms with E-state index in [-0.39, 0.29) is 23.6 Å². The van der Waals surface area contributed by atoms with E-state index in [9.17, 15) is 9.59 Å². The number of carboxylic acids is 1. The maximum atomic E-state index is 12.3. The second-order valence-corrected chi connectivity index (χ2v) is 6.51. The van der Waals surface area contributed by atoms with Gasteiger partial charge in [-0.05, 0) is 36.2 Å². The molecule has 1 heterocycles. The Morgan fingerprint density at radius 2 is 1.85 bits per heavy atom. The summed E-state index contributed by atoms with van der Waals surface area (Å²) >= 11 is 0. The molecule has 0 bridgehead atoms. The molecule has 1 amide bonds. The van der Waals surface area contributed by atoms with Crippen LogP contribution in [0.2, 0.25) is 0 Å². The number of aromatic carboxylic acids is 1. The van der Waals surface area contributed by atoms with E-state index >= 15 is 0 Å². The fraction of sp³-hybridized carbons (Fsp3) is 0.333. The summed E-state index contributed by atoms with van der Waals surface area (Å²) in [5, 5.41) is 12.0. The largest absolute Gasteiger partial charge is 0.488 e. The van der Waals surface area contributed by atoms with Gasteiger partial charge in [0.25, 0.3) is 0 Å². The van der Waals surface area contributed by atoms with Crippen LogP contribution in [0.4, 0.5) is 0 Å². The van der Waals surface area contributed by atoms with Crippen molar-refractivity contribution in [3.8, 4) is 5.75 Å². The summed E-state index contributed by atoms with van der Waals surface area (Å²) < 4.78 is 11.5. The first kappa shape index (κ1) is 18.9. The Morgan fingerprint density at radius 1 is 1.11 bits per heavy atom. The number of nitrogens with one attached hydrogen (secondary N) is 1. The van der Waals surface area contributed by atoms with E-state index in [1.165, 1.54) is 12.1 Å². The van der Waals surface area contributed by atoms with Crippen molar-refractivity contribution in [2.24, 2.45) is 0 Å². The third kappa shape index (κ3) is 5.56. The van der Waals surface area contributed by atoms with Gasteiger partial charge in [0, 0.05) is 12.8 Å². The summed E-state index contributed by atoms with van der Waals surface area (Å²) in [6, 6.07) is 15.9. The average Bonchev–Trinajstić information content (AvgIpc) is 2.69. The average molecular weight is 369 g/mol. The molecule has 1 fully saturated rings. The molecular formula is C21H23NO5. The highest BCUT2D eigenvalue weighted by molar-refractivity contribution is 5.87. The van der Waals surface area contributed by atoms with E-state index < -0.39 is 5.97 Å². The first-order valence-corrected chi connectivity index (χ1v) is 9.03. The van der Waals surface area contributed by atoms with Crippen LogP contribution in [0.1, 0.15) is 28.8 Å². The number of ether oxygens (including phenoxy) is 2. The van der Waals surface area contributed by atoms with E-state index in [0.717, 1.165) is 5.56 Å². The molecule has 0 saturated carbocycles. The first-order valence-electron chi connectivity index (χ1n) is 9.03. The fourth-order valence-electron chi connectivity index (χ4n) is 3.03. The minimum Gasteiger partial charge on any atom is -0.488 e. The molecule has 0 unspecified atom stereocenters. The molecule has 1 aliphatic rings. The quantitative estimate of drug-likeness (QED) is 0.784. The van der Waals surface area contributed by atoms with E-state index in [1.807, 2.05) is 30.3 Å². The lowest BCUT2D eigenvalue weighted by molar-refractivity contribution is -0.124. The molecule has 2 aromatic rings. The van der Waals surface area contributed by atoms with Gasteiger partial charge in [-0.25, -0.2) is 4.79 Å². The summed E-state index contributed by atoms with van der Waals surface area (Å²) in [7, 11) is 0. The Morgan fingerprint density at radius 3 is 2.56 bits per heavy atom. The Bertz CT molecular complexity index is 760. The van der Waals surface area contributed by atoms with Crippen molar-refractivity contribution in [2.45, 2.75) is 31.4 Å². The van der Waals surface area contributed by atoms with Crippen molar-refractivity contribution in [3.63, 3.8) is 0 Å². The van der Waals surface area contributed by atoms with E-state index in [0.29, 0.717) is 38.2 Å². The van der Waals surface area contributed by atoms with Crippen LogP contribution in [0.5, 0.6) is 5.75 Å². The van der Waals surface area contributed by atoms with Gasteiger partial charge in [-0.15, -0.1) is 0 Å². The Labute approximate surface area is 158 Å². The van der Waals surface area contributed by atoms with Crippen molar-refractivity contribution in [1.82, 2.24) is 5.32 Å². The highest BCUT2D eigenvalue weighted by atomic mass is 16.5. The van der Waals surface area contributed by atoms with Gasteiger partial charge >= 0.3 is 5.97 Å². The van der Waals surface area contributed by atoms with Gasteiger partial charge in [0.05, 0.1) is 24.8 Å². The number of carbonyl (C=O) groups excluding carboxylic acids is 1. The second kappa shape index (κ2) is 9.19. The molecule has 6 heteroatoms. The number of aryl methyl sites for hydroxylation is 1. The summed E-state index contributed by atoms with van der Waals surface area (Å²) in [6.45, 7) is 0.962. The van der Waals surface area contributed by atoms with Crippen LogP contribution in [0.15, 0.2) is 54.6 Å². The van der Waals surface area contributed by atoms with Gasteiger partial charge in [0.15, 0.2) is 0 Å². The SMILES string of the molecule is O=C(CCc1ccccc1)N[C@@H]1COCC[C@H]1Oc1ccc(C(=O)O)cc1. The standard InChI is InChI=1S/C21H23NO5/c23-20(11-6-15-4-2-1-3-5-15)22-18-14-26-13-12-19(18)27-17-9-7-16(8-10-17)21(24)25/h1-5,7-10,18-19H,6,11-14H2,(H,22,23)(H,24,25)/t18-,19-/m1/s1. The molecule has 2 atom stereocenters. The molecule has 1 aliphatic heterocycles. The van der Waals surface area contributed by atoms with Crippen molar-refractivity contribution in [2.75, 3.05) is 13.2 Å². The molecule has 2 aromatic carbocycles. The van der Waals surface area contributed by atoms with E-state index in [2.05, 4.69) is 5.32 Å². The molecule has 142 valence electrons. The zero-order valence-electron chi connectivity index (χ0n) is 15.0. The van der Waals surface area contributed by atoms with Crippen molar-refractivity contribution in [1.29, 1.82) is 0 Å². The van der Waals surface area contributed by atoms with Crippen LogP contribution in [-0.2, 0) is 16.0 Å². The van der Waals surface area contributed by atoms with Crippen molar-refractivity contribution < 1.29 is 24.2 Å². The minimum absolute atomic E-state index is 0.0378. The molecule has 3 rings (SSSR count). The Hall–Kier alpha value is -2.86. The molecule has 0 aromatic heterocycles. The number of carboxylic acid groups (broad SMARTS) is 1. The van der Waals surface area contributed by atoms with Crippen LogP contribution in [0.25, 0.3) is 0 Å². The van der Waals surface area contributed by atoms with Crippen LogP contribution in [0, 0.1) is 0 Å². The van der Waals surface area contributed by atoms with Gasteiger partial charge in [0.1, 0.15) is 11.9 Å². The Balaban J connectivity index is 1.54. The van der Waals surface area contributed by atoms with Crippen LogP contribution in [-0.4, -0.2) is 42.3 Å². The summed E-state index contributed by atoms with van der Waals surface area (Å²) in [5.74, 6) is -0.434. The molecular weight excluding hydrogens is 346 g/mol. The van der Waals surface area contributed by atoms with Crippen LogP contribution >= 0.6 is 0 Å². The third-order valence-electron chi connectivity index (χ3n) is 4.51. The predicted octanol–water partition coefficient (Wildman–Crippen LogP) is 2.67. The highest BCUT2D eigenvalue weighted by Crippen LogP contribution is 2.19. The molecule has 27 heavy (non-hydrogen) atoms. The normalized spacial score (nSPS) is 19.3. The topological polar surface area (TPSA) is 84.9 Å². The maximum Gasteiger partial charge on any atom is 0.335 e. The molecule has 0 aliphatic carbocycles. The van der Waals surface area contributed by atoms with E-state index in [1.54, 1.807) is 12.1 Å². The summed E-state index contributed by atoms with van der Waals surface area (Å²) in [4.78, 5) is 23.2.